The number of carbonyl (C=O) groups excluding carboxylic acids is 2. The highest BCUT2D eigenvalue weighted by atomic mass is 16.5. The molecule has 2 aromatic carbocycles. The number of amides is 2. The van der Waals surface area contributed by atoms with Crippen molar-refractivity contribution in [1.29, 1.82) is 0 Å². The predicted octanol–water partition coefficient (Wildman–Crippen LogP) is 3.05. The molecule has 4 rings (SSSR count). The molecule has 158 valence electrons. The zero-order valence-electron chi connectivity index (χ0n) is 17.9. The highest BCUT2D eigenvalue weighted by Crippen LogP contribution is 2.38. The van der Waals surface area contributed by atoms with Gasteiger partial charge in [0, 0.05) is 37.1 Å². The van der Waals surface area contributed by atoms with Gasteiger partial charge < -0.3 is 20.1 Å². The lowest BCUT2D eigenvalue weighted by Crippen LogP contribution is -2.39. The van der Waals surface area contributed by atoms with Crippen LogP contribution in [0.5, 0.6) is 11.5 Å². The number of ether oxygens (including phenoxy) is 2. The molecule has 2 amide bonds. The molecule has 0 saturated heterocycles. The summed E-state index contributed by atoms with van der Waals surface area (Å²) in [6.07, 6.45) is 1.65. The fourth-order valence-electron chi connectivity index (χ4n) is 4.15. The summed E-state index contributed by atoms with van der Waals surface area (Å²) in [6.45, 7) is 8.62. The van der Waals surface area contributed by atoms with Crippen LogP contribution in [0.2, 0.25) is 0 Å². The Kier molecular flexibility index (Phi) is 4.96. The number of fused-ring (bicyclic) bond motifs is 2. The van der Waals surface area contributed by atoms with Crippen LogP contribution in [0.4, 0.5) is 0 Å². The number of para-hydroxylation sites is 2. The van der Waals surface area contributed by atoms with Gasteiger partial charge in [0.05, 0.1) is 0 Å². The number of rotatable bonds is 4. The third kappa shape index (κ3) is 4.13. The summed E-state index contributed by atoms with van der Waals surface area (Å²) < 4.78 is 12.0. The first kappa shape index (κ1) is 20.3. The van der Waals surface area contributed by atoms with Gasteiger partial charge in [-0.3, -0.25) is 9.59 Å². The molecule has 0 atom stereocenters. The fourth-order valence-corrected chi connectivity index (χ4v) is 4.15. The van der Waals surface area contributed by atoms with Crippen LogP contribution in [0.25, 0.3) is 0 Å². The van der Waals surface area contributed by atoms with Crippen LogP contribution in [-0.4, -0.2) is 23.0 Å². The largest absolute Gasteiger partial charge is 0.487 e. The van der Waals surface area contributed by atoms with Crippen molar-refractivity contribution in [3.63, 3.8) is 0 Å². The van der Waals surface area contributed by atoms with Crippen LogP contribution in [0.1, 0.15) is 49.9 Å². The molecular formula is C24H28N2O4. The van der Waals surface area contributed by atoms with E-state index in [1.165, 1.54) is 0 Å². The SMILES string of the molecule is CC1(C)Cc2cccc(CNC(=O)C(=O)NCc3cccc4c3OC(C)(C)C4)c2O1. The molecule has 0 saturated carbocycles. The number of carbonyl (C=O) groups is 2. The number of hydrogen-bond acceptors (Lipinski definition) is 4. The molecule has 0 aromatic heterocycles. The van der Waals surface area contributed by atoms with E-state index in [-0.39, 0.29) is 24.3 Å². The topological polar surface area (TPSA) is 76.7 Å². The third-order valence-corrected chi connectivity index (χ3v) is 5.43. The normalized spacial score (nSPS) is 17.3. The smallest absolute Gasteiger partial charge is 0.309 e. The van der Waals surface area contributed by atoms with Crippen molar-refractivity contribution >= 4 is 11.8 Å². The highest BCUT2D eigenvalue weighted by Gasteiger charge is 2.32. The molecule has 2 aliphatic heterocycles. The summed E-state index contributed by atoms with van der Waals surface area (Å²) in [5, 5.41) is 5.39. The van der Waals surface area contributed by atoms with Gasteiger partial charge in [-0.05, 0) is 38.8 Å². The summed E-state index contributed by atoms with van der Waals surface area (Å²) in [5.41, 5.74) is 3.47. The van der Waals surface area contributed by atoms with Gasteiger partial charge in [0.15, 0.2) is 0 Å². The zero-order valence-corrected chi connectivity index (χ0v) is 17.9. The van der Waals surface area contributed by atoms with E-state index >= 15 is 0 Å². The number of benzene rings is 2. The first-order valence-corrected chi connectivity index (χ1v) is 10.3. The van der Waals surface area contributed by atoms with Gasteiger partial charge in [-0.2, -0.15) is 0 Å². The Morgan fingerprint density at radius 1 is 0.767 bits per heavy atom. The van der Waals surface area contributed by atoms with Crippen molar-refractivity contribution in [2.24, 2.45) is 0 Å². The van der Waals surface area contributed by atoms with E-state index in [0.29, 0.717) is 0 Å². The Balaban J connectivity index is 1.34. The van der Waals surface area contributed by atoms with E-state index in [1.54, 1.807) is 0 Å². The molecule has 2 heterocycles. The van der Waals surface area contributed by atoms with Gasteiger partial charge in [0.1, 0.15) is 22.7 Å². The van der Waals surface area contributed by atoms with Gasteiger partial charge in [0.2, 0.25) is 0 Å². The average molecular weight is 408 g/mol. The Hall–Kier alpha value is -3.02. The Morgan fingerprint density at radius 3 is 1.57 bits per heavy atom. The number of nitrogens with one attached hydrogen (secondary N) is 2. The summed E-state index contributed by atoms with van der Waals surface area (Å²) in [5.74, 6) is 0.281. The monoisotopic (exact) mass is 408 g/mol. The van der Waals surface area contributed by atoms with E-state index in [4.69, 9.17) is 9.47 Å². The van der Waals surface area contributed by atoms with Crippen molar-refractivity contribution in [3.05, 3.63) is 58.7 Å². The number of hydrogen-bond donors (Lipinski definition) is 2. The molecule has 30 heavy (non-hydrogen) atoms. The van der Waals surface area contributed by atoms with Crippen LogP contribution >= 0.6 is 0 Å². The minimum absolute atomic E-state index is 0.240. The van der Waals surface area contributed by atoms with Crippen LogP contribution in [0, 0.1) is 0 Å². The van der Waals surface area contributed by atoms with E-state index in [9.17, 15) is 9.59 Å². The Bertz CT molecular complexity index is 929. The molecule has 2 aromatic rings. The molecule has 2 N–H and O–H groups in total. The predicted molar refractivity (Wildman–Crippen MR) is 113 cm³/mol. The maximum absolute atomic E-state index is 12.3. The lowest BCUT2D eigenvalue weighted by atomic mass is 10.0. The van der Waals surface area contributed by atoms with Crippen LogP contribution < -0.4 is 20.1 Å². The second-order valence-electron chi connectivity index (χ2n) is 9.25. The van der Waals surface area contributed by atoms with Crippen LogP contribution in [0.15, 0.2) is 36.4 Å². The standard InChI is InChI=1S/C24H28N2O4/c1-23(2)11-15-7-5-9-17(19(15)29-23)13-25-21(27)22(28)26-14-18-10-6-8-16-12-24(3,4)30-20(16)18/h5-10H,11-14H2,1-4H3,(H,25,27)(H,26,28). The molecule has 0 radical (unpaired) electrons. The first-order valence-electron chi connectivity index (χ1n) is 10.3. The van der Waals surface area contributed by atoms with Crippen molar-refractivity contribution in [2.45, 2.75) is 64.8 Å². The minimum atomic E-state index is -0.668. The van der Waals surface area contributed by atoms with Crippen LogP contribution in [-0.2, 0) is 35.5 Å². The molecule has 0 unspecified atom stereocenters. The zero-order chi connectivity index (χ0) is 21.5. The van der Waals surface area contributed by atoms with Crippen molar-refractivity contribution < 1.29 is 19.1 Å². The summed E-state index contributed by atoms with van der Waals surface area (Å²) >= 11 is 0. The van der Waals surface area contributed by atoms with Crippen molar-refractivity contribution in [1.82, 2.24) is 10.6 Å². The average Bonchev–Trinajstić information content (AvgIpc) is 3.17. The molecule has 6 heteroatoms. The van der Waals surface area contributed by atoms with Gasteiger partial charge >= 0.3 is 11.8 Å². The van der Waals surface area contributed by atoms with Crippen LogP contribution in [0.3, 0.4) is 0 Å². The molecule has 6 nitrogen and oxygen atoms in total. The van der Waals surface area contributed by atoms with Crippen molar-refractivity contribution in [3.8, 4) is 11.5 Å². The lowest BCUT2D eigenvalue weighted by Gasteiger charge is -2.18. The highest BCUT2D eigenvalue weighted by molar-refractivity contribution is 6.35. The van der Waals surface area contributed by atoms with Crippen molar-refractivity contribution in [2.75, 3.05) is 0 Å². The van der Waals surface area contributed by atoms with Gasteiger partial charge in [0.25, 0.3) is 0 Å². The molecule has 0 spiro atoms. The Morgan fingerprint density at radius 2 is 1.17 bits per heavy atom. The quantitative estimate of drug-likeness (QED) is 0.763. The minimum Gasteiger partial charge on any atom is -0.487 e. The second kappa shape index (κ2) is 7.35. The summed E-state index contributed by atoms with van der Waals surface area (Å²) in [6, 6.07) is 11.8. The first-order chi connectivity index (χ1) is 14.1. The third-order valence-electron chi connectivity index (χ3n) is 5.43. The Labute approximate surface area is 177 Å². The lowest BCUT2D eigenvalue weighted by molar-refractivity contribution is -0.139. The maximum Gasteiger partial charge on any atom is 0.309 e. The van der Waals surface area contributed by atoms with Gasteiger partial charge in [-0.25, -0.2) is 0 Å². The molecule has 0 bridgehead atoms. The van der Waals surface area contributed by atoms with E-state index in [1.807, 2.05) is 64.1 Å². The molecule has 0 fully saturated rings. The summed E-state index contributed by atoms with van der Waals surface area (Å²) in [7, 11) is 0. The van der Waals surface area contributed by atoms with E-state index in [2.05, 4.69) is 10.6 Å². The molecular weight excluding hydrogens is 380 g/mol. The summed E-state index contributed by atoms with van der Waals surface area (Å²) in [4.78, 5) is 24.6. The van der Waals surface area contributed by atoms with Gasteiger partial charge in [-0.15, -0.1) is 0 Å². The van der Waals surface area contributed by atoms with Gasteiger partial charge in [-0.1, -0.05) is 36.4 Å². The fraction of sp³-hybridized carbons (Fsp3) is 0.417. The maximum atomic E-state index is 12.3. The molecule has 2 aliphatic rings. The second-order valence-corrected chi connectivity index (χ2v) is 9.25. The van der Waals surface area contributed by atoms with E-state index in [0.717, 1.165) is 46.6 Å². The molecule has 0 aliphatic carbocycles. The van der Waals surface area contributed by atoms with E-state index < -0.39 is 11.8 Å².